The number of rotatable bonds is 2. The zero-order valence-corrected chi connectivity index (χ0v) is 13.1. The van der Waals surface area contributed by atoms with Gasteiger partial charge in [0, 0.05) is 18.1 Å². The van der Waals surface area contributed by atoms with Crippen LogP contribution in [0.15, 0.2) is 29.2 Å². The van der Waals surface area contributed by atoms with Gasteiger partial charge in [-0.25, -0.2) is 13.2 Å². The molecule has 7 nitrogen and oxygen atoms in total. The molecule has 3 rings (SSSR count). The van der Waals surface area contributed by atoms with Crippen LogP contribution in [0.25, 0.3) is 0 Å². The fraction of sp³-hybridized carbons (Fsp3) is 0.385. The van der Waals surface area contributed by atoms with Gasteiger partial charge in [0.1, 0.15) is 5.54 Å². The van der Waals surface area contributed by atoms with Gasteiger partial charge in [0.15, 0.2) is 0 Å². The van der Waals surface area contributed by atoms with E-state index < -0.39 is 21.6 Å². The van der Waals surface area contributed by atoms with Crippen molar-refractivity contribution >= 4 is 33.6 Å². The normalized spacial score (nSPS) is 21.7. The van der Waals surface area contributed by atoms with Crippen molar-refractivity contribution in [2.45, 2.75) is 23.3 Å². The van der Waals surface area contributed by atoms with Gasteiger partial charge in [0.2, 0.25) is 10.0 Å². The summed E-state index contributed by atoms with van der Waals surface area (Å²) in [5.74, 6) is -0.388. The van der Waals surface area contributed by atoms with Crippen molar-refractivity contribution in [2.24, 2.45) is 0 Å². The van der Waals surface area contributed by atoms with Crippen molar-refractivity contribution in [3.8, 4) is 0 Å². The predicted molar refractivity (Wildman–Crippen MR) is 78.9 cm³/mol. The third-order valence-electron chi connectivity index (χ3n) is 4.04. The van der Waals surface area contributed by atoms with Crippen molar-refractivity contribution in [2.75, 3.05) is 13.1 Å². The van der Waals surface area contributed by atoms with Crippen LogP contribution in [0.2, 0.25) is 5.02 Å². The van der Waals surface area contributed by atoms with E-state index in [0.29, 0.717) is 5.02 Å². The smallest absolute Gasteiger partial charge is 0.322 e. The predicted octanol–water partition coefficient (Wildman–Crippen LogP) is 0.703. The summed E-state index contributed by atoms with van der Waals surface area (Å²) in [6.07, 6.45) is 0.495. The lowest BCUT2D eigenvalue weighted by Gasteiger charge is -2.36. The summed E-state index contributed by atoms with van der Waals surface area (Å²) in [6.45, 7) is 0.331. The molecule has 0 atom stereocenters. The fourth-order valence-electron chi connectivity index (χ4n) is 2.74. The van der Waals surface area contributed by atoms with Gasteiger partial charge in [-0.05, 0) is 37.1 Å². The van der Waals surface area contributed by atoms with Crippen molar-refractivity contribution in [3.05, 3.63) is 29.3 Å². The van der Waals surface area contributed by atoms with E-state index in [1.165, 1.54) is 28.6 Å². The highest BCUT2D eigenvalue weighted by Gasteiger charge is 2.49. The number of imide groups is 1. The Bertz CT molecular complexity index is 724. The van der Waals surface area contributed by atoms with E-state index in [-0.39, 0.29) is 36.7 Å². The minimum absolute atomic E-state index is 0.160. The summed E-state index contributed by atoms with van der Waals surface area (Å²) < 4.78 is 26.4. The minimum Gasteiger partial charge on any atom is -0.323 e. The first kappa shape index (κ1) is 15.3. The lowest BCUT2D eigenvalue weighted by atomic mass is 9.89. The maximum absolute atomic E-state index is 12.5. The number of nitrogens with one attached hydrogen (secondary N) is 2. The monoisotopic (exact) mass is 343 g/mol. The van der Waals surface area contributed by atoms with E-state index in [4.69, 9.17) is 11.6 Å². The molecule has 1 aromatic rings. The summed E-state index contributed by atoms with van der Waals surface area (Å²) >= 11 is 5.77. The number of amides is 3. The van der Waals surface area contributed by atoms with Crippen LogP contribution in [0.5, 0.6) is 0 Å². The third kappa shape index (κ3) is 2.47. The zero-order chi connectivity index (χ0) is 16.0. The van der Waals surface area contributed by atoms with Gasteiger partial charge in [-0.1, -0.05) is 11.6 Å². The SMILES string of the molecule is O=C1NC(=O)C2(CCN(S(=O)(=O)c3ccc(Cl)cc3)CC2)N1. The molecule has 2 aliphatic heterocycles. The Labute approximate surface area is 132 Å². The second kappa shape index (κ2) is 5.22. The Hall–Kier alpha value is -1.64. The van der Waals surface area contributed by atoms with Crippen LogP contribution in [0, 0.1) is 0 Å². The van der Waals surface area contributed by atoms with Gasteiger partial charge in [-0.2, -0.15) is 4.31 Å². The van der Waals surface area contributed by atoms with Gasteiger partial charge in [-0.15, -0.1) is 0 Å². The Balaban J connectivity index is 1.77. The topological polar surface area (TPSA) is 95.6 Å². The minimum atomic E-state index is -3.63. The van der Waals surface area contributed by atoms with Crippen molar-refractivity contribution in [1.82, 2.24) is 14.9 Å². The molecule has 2 heterocycles. The van der Waals surface area contributed by atoms with Gasteiger partial charge >= 0.3 is 6.03 Å². The molecule has 0 aromatic heterocycles. The number of sulfonamides is 1. The molecule has 3 amide bonds. The lowest BCUT2D eigenvalue weighted by Crippen LogP contribution is -2.55. The first-order chi connectivity index (χ1) is 10.3. The largest absolute Gasteiger partial charge is 0.323 e. The maximum atomic E-state index is 12.5. The second-order valence-electron chi connectivity index (χ2n) is 5.35. The van der Waals surface area contributed by atoms with E-state index >= 15 is 0 Å². The molecule has 1 aromatic carbocycles. The highest BCUT2D eigenvalue weighted by Crippen LogP contribution is 2.29. The van der Waals surface area contributed by atoms with Crippen molar-refractivity contribution < 1.29 is 18.0 Å². The summed E-state index contributed by atoms with van der Waals surface area (Å²) in [7, 11) is -3.63. The van der Waals surface area contributed by atoms with Crippen molar-refractivity contribution in [1.29, 1.82) is 0 Å². The van der Waals surface area contributed by atoms with E-state index in [0.717, 1.165) is 0 Å². The molecule has 0 radical (unpaired) electrons. The highest BCUT2D eigenvalue weighted by atomic mass is 35.5. The number of halogens is 1. The van der Waals surface area contributed by atoms with E-state index in [2.05, 4.69) is 10.6 Å². The Morgan fingerprint density at radius 3 is 2.18 bits per heavy atom. The van der Waals surface area contributed by atoms with Gasteiger partial charge < -0.3 is 5.32 Å². The Morgan fingerprint density at radius 2 is 1.68 bits per heavy atom. The lowest BCUT2D eigenvalue weighted by molar-refractivity contribution is -0.125. The quantitative estimate of drug-likeness (QED) is 0.773. The maximum Gasteiger partial charge on any atom is 0.322 e. The van der Waals surface area contributed by atoms with Crippen LogP contribution >= 0.6 is 11.6 Å². The average molecular weight is 344 g/mol. The molecule has 2 N–H and O–H groups in total. The molecule has 0 bridgehead atoms. The summed E-state index contributed by atoms with van der Waals surface area (Å²) in [4.78, 5) is 23.3. The molecule has 1 spiro atoms. The van der Waals surface area contributed by atoms with Crippen LogP contribution in [0.1, 0.15) is 12.8 Å². The molecule has 22 heavy (non-hydrogen) atoms. The number of piperidine rings is 1. The Kier molecular flexibility index (Phi) is 3.62. The van der Waals surface area contributed by atoms with Crippen LogP contribution in [-0.2, 0) is 14.8 Å². The average Bonchev–Trinajstić information content (AvgIpc) is 2.74. The highest BCUT2D eigenvalue weighted by molar-refractivity contribution is 7.89. The molecule has 0 saturated carbocycles. The number of carbonyl (C=O) groups is 2. The first-order valence-corrected chi connectivity index (χ1v) is 8.55. The number of hydrogen-bond donors (Lipinski definition) is 2. The summed E-state index contributed by atoms with van der Waals surface area (Å²) in [6, 6.07) is 5.41. The number of hydrogen-bond acceptors (Lipinski definition) is 4. The molecule has 2 saturated heterocycles. The Morgan fingerprint density at radius 1 is 1.09 bits per heavy atom. The van der Waals surface area contributed by atoms with Crippen LogP contribution in [-0.4, -0.2) is 43.3 Å². The standard InChI is InChI=1S/C13H14ClN3O4S/c14-9-1-3-10(4-2-9)22(20,21)17-7-5-13(6-8-17)11(18)15-12(19)16-13/h1-4H,5-8H2,(H2,15,16,18,19). The van der Waals surface area contributed by atoms with Gasteiger partial charge in [0.05, 0.1) is 4.90 Å². The van der Waals surface area contributed by atoms with Crippen LogP contribution in [0.3, 0.4) is 0 Å². The summed E-state index contributed by atoms with van der Waals surface area (Å²) in [5, 5.41) is 5.26. The number of nitrogens with zero attached hydrogens (tertiary/aromatic N) is 1. The molecule has 0 unspecified atom stereocenters. The second-order valence-corrected chi connectivity index (χ2v) is 7.72. The molecular formula is C13H14ClN3O4S. The van der Waals surface area contributed by atoms with Crippen LogP contribution in [0.4, 0.5) is 4.79 Å². The van der Waals surface area contributed by atoms with E-state index in [9.17, 15) is 18.0 Å². The van der Waals surface area contributed by atoms with Gasteiger partial charge in [0.25, 0.3) is 5.91 Å². The molecule has 9 heteroatoms. The zero-order valence-electron chi connectivity index (χ0n) is 11.5. The molecule has 118 valence electrons. The molecule has 2 fully saturated rings. The number of urea groups is 1. The van der Waals surface area contributed by atoms with Crippen LogP contribution < -0.4 is 10.6 Å². The molecular weight excluding hydrogens is 330 g/mol. The number of carbonyl (C=O) groups excluding carboxylic acids is 2. The number of benzene rings is 1. The third-order valence-corrected chi connectivity index (χ3v) is 6.21. The van der Waals surface area contributed by atoms with E-state index in [1.807, 2.05) is 0 Å². The molecule has 0 aliphatic carbocycles. The summed E-state index contributed by atoms with van der Waals surface area (Å²) in [5.41, 5.74) is -0.983. The fourth-order valence-corrected chi connectivity index (χ4v) is 4.31. The van der Waals surface area contributed by atoms with E-state index in [1.54, 1.807) is 0 Å². The van der Waals surface area contributed by atoms with Crippen molar-refractivity contribution in [3.63, 3.8) is 0 Å². The molecule has 2 aliphatic rings. The van der Waals surface area contributed by atoms with Gasteiger partial charge in [-0.3, -0.25) is 10.1 Å². The first-order valence-electron chi connectivity index (χ1n) is 6.73.